The number of carbonyl (C=O) groups is 3. The Kier molecular flexibility index (Phi) is 9.68. The normalized spacial score (nSPS) is 11.8. The SMILES string of the molecule is COc1cc(C=NNC(=O)C(NC(=O)c2ccc(Cl)cc2)C(C)C)cc(Br)c1OCC(=O)O. The molecule has 11 heteroatoms. The number of carbonyl (C=O) groups excluding carboxylic acids is 2. The highest BCUT2D eigenvalue weighted by Crippen LogP contribution is 2.36. The van der Waals surface area contributed by atoms with Gasteiger partial charge in [0.2, 0.25) is 0 Å². The molecule has 2 rings (SSSR count). The maximum atomic E-state index is 12.6. The maximum absolute atomic E-state index is 12.6. The zero-order valence-electron chi connectivity index (χ0n) is 18.1. The third-order valence-electron chi connectivity index (χ3n) is 4.32. The fourth-order valence-electron chi connectivity index (χ4n) is 2.69. The summed E-state index contributed by atoms with van der Waals surface area (Å²) in [5.41, 5.74) is 3.35. The number of ether oxygens (including phenoxy) is 2. The smallest absolute Gasteiger partial charge is 0.341 e. The monoisotopic (exact) mass is 539 g/mol. The van der Waals surface area contributed by atoms with Gasteiger partial charge in [0.05, 0.1) is 17.8 Å². The van der Waals surface area contributed by atoms with Crippen LogP contribution < -0.4 is 20.2 Å². The largest absolute Gasteiger partial charge is 0.493 e. The molecule has 1 atom stereocenters. The van der Waals surface area contributed by atoms with E-state index < -0.39 is 30.4 Å². The molecule has 2 aromatic rings. The summed E-state index contributed by atoms with van der Waals surface area (Å²) < 4.78 is 10.9. The predicted molar refractivity (Wildman–Crippen MR) is 127 cm³/mol. The fourth-order valence-corrected chi connectivity index (χ4v) is 3.39. The maximum Gasteiger partial charge on any atom is 0.341 e. The summed E-state index contributed by atoms with van der Waals surface area (Å²) in [4.78, 5) is 35.8. The lowest BCUT2D eigenvalue weighted by atomic mass is 10.0. The average molecular weight is 541 g/mol. The van der Waals surface area contributed by atoms with Crippen molar-refractivity contribution in [2.45, 2.75) is 19.9 Å². The van der Waals surface area contributed by atoms with E-state index in [1.165, 1.54) is 13.3 Å². The van der Waals surface area contributed by atoms with Gasteiger partial charge in [0.25, 0.3) is 11.8 Å². The van der Waals surface area contributed by atoms with E-state index in [0.29, 0.717) is 20.6 Å². The van der Waals surface area contributed by atoms with Gasteiger partial charge in [0.15, 0.2) is 18.1 Å². The van der Waals surface area contributed by atoms with E-state index in [4.69, 9.17) is 26.2 Å². The van der Waals surface area contributed by atoms with Gasteiger partial charge in [-0.1, -0.05) is 25.4 Å². The molecule has 0 aliphatic heterocycles. The molecular weight excluding hydrogens is 518 g/mol. The zero-order valence-corrected chi connectivity index (χ0v) is 20.4. The summed E-state index contributed by atoms with van der Waals surface area (Å²) in [5.74, 6) is -1.71. The topological polar surface area (TPSA) is 126 Å². The van der Waals surface area contributed by atoms with E-state index in [2.05, 4.69) is 31.8 Å². The second kappa shape index (κ2) is 12.2. The quantitative estimate of drug-likeness (QED) is 0.313. The number of hydrogen-bond donors (Lipinski definition) is 3. The van der Waals surface area contributed by atoms with Gasteiger partial charge in [-0.3, -0.25) is 9.59 Å². The standard InChI is InChI=1S/C22H23BrClN3O6/c1-12(2)19(26-21(30)14-4-6-15(24)7-5-14)22(31)27-25-10-13-8-16(23)20(17(9-13)32-3)33-11-18(28)29/h4-10,12,19H,11H2,1-3H3,(H,26,30)(H,27,31)(H,28,29). The van der Waals surface area contributed by atoms with Crippen LogP contribution in [-0.2, 0) is 9.59 Å². The Hall–Kier alpha value is -3.11. The molecule has 0 aliphatic rings. The minimum atomic E-state index is -1.12. The molecule has 0 radical (unpaired) electrons. The van der Waals surface area contributed by atoms with Gasteiger partial charge in [-0.25, -0.2) is 10.2 Å². The summed E-state index contributed by atoms with van der Waals surface area (Å²) in [6.45, 7) is 3.07. The molecule has 3 N–H and O–H groups in total. The van der Waals surface area contributed by atoms with Gasteiger partial charge in [-0.15, -0.1) is 0 Å². The van der Waals surface area contributed by atoms with Crippen LogP contribution in [0.1, 0.15) is 29.8 Å². The Balaban J connectivity index is 2.08. The lowest BCUT2D eigenvalue weighted by molar-refractivity contribution is -0.139. The first-order valence-electron chi connectivity index (χ1n) is 9.73. The molecule has 176 valence electrons. The lowest BCUT2D eigenvalue weighted by Crippen LogP contribution is -2.48. The molecule has 0 bridgehead atoms. The highest BCUT2D eigenvalue weighted by atomic mass is 79.9. The predicted octanol–water partition coefficient (Wildman–Crippen LogP) is 3.48. The van der Waals surface area contributed by atoms with E-state index in [1.54, 1.807) is 50.2 Å². The van der Waals surface area contributed by atoms with E-state index in [1.807, 2.05) is 0 Å². The van der Waals surface area contributed by atoms with E-state index in [0.717, 1.165) is 0 Å². The van der Waals surface area contributed by atoms with Crippen molar-refractivity contribution < 1.29 is 29.0 Å². The number of amides is 2. The van der Waals surface area contributed by atoms with Gasteiger partial charge >= 0.3 is 5.97 Å². The first-order chi connectivity index (χ1) is 15.6. The van der Waals surface area contributed by atoms with Crippen LogP contribution in [0.5, 0.6) is 11.5 Å². The van der Waals surface area contributed by atoms with Crippen LogP contribution in [0.2, 0.25) is 5.02 Å². The van der Waals surface area contributed by atoms with Crippen LogP contribution in [0.15, 0.2) is 46.0 Å². The van der Waals surface area contributed by atoms with Crippen LogP contribution in [0.25, 0.3) is 0 Å². The van der Waals surface area contributed by atoms with Gasteiger partial charge in [-0.2, -0.15) is 5.10 Å². The molecule has 9 nitrogen and oxygen atoms in total. The molecule has 0 saturated carbocycles. The molecular formula is C22H23BrClN3O6. The summed E-state index contributed by atoms with van der Waals surface area (Å²) in [6, 6.07) is 8.70. The second-order valence-corrected chi connectivity index (χ2v) is 8.44. The highest BCUT2D eigenvalue weighted by Gasteiger charge is 2.24. The molecule has 2 amide bonds. The summed E-state index contributed by atoms with van der Waals surface area (Å²) >= 11 is 9.15. The number of aliphatic carboxylic acids is 1. The number of benzene rings is 2. The molecule has 0 aliphatic carbocycles. The number of halogens is 2. The van der Waals surface area contributed by atoms with Crippen molar-refractivity contribution in [3.05, 3.63) is 57.0 Å². The Morgan fingerprint density at radius 2 is 1.88 bits per heavy atom. The van der Waals surface area contributed by atoms with Gasteiger partial charge < -0.3 is 19.9 Å². The van der Waals surface area contributed by atoms with Crippen molar-refractivity contribution in [1.82, 2.24) is 10.7 Å². The Bertz CT molecular complexity index is 1040. The van der Waals surface area contributed by atoms with E-state index in [-0.39, 0.29) is 17.4 Å². The number of hydrogen-bond acceptors (Lipinski definition) is 6. The van der Waals surface area contributed by atoms with Crippen LogP contribution in [0, 0.1) is 5.92 Å². The van der Waals surface area contributed by atoms with Crippen molar-refractivity contribution in [2.75, 3.05) is 13.7 Å². The molecule has 0 spiro atoms. The van der Waals surface area contributed by atoms with Crippen molar-refractivity contribution in [3.63, 3.8) is 0 Å². The molecule has 2 aromatic carbocycles. The number of rotatable bonds is 10. The Morgan fingerprint density at radius 3 is 2.45 bits per heavy atom. The van der Waals surface area contributed by atoms with Gasteiger partial charge in [0, 0.05) is 10.6 Å². The summed E-state index contributed by atoms with van der Waals surface area (Å²) in [6.07, 6.45) is 1.38. The molecule has 0 saturated heterocycles. The lowest BCUT2D eigenvalue weighted by Gasteiger charge is -2.20. The molecule has 33 heavy (non-hydrogen) atoms. The molecule has 0 heterocycles. The summed E-state index contributed by atoms with van der Waals surface area (Å²) in [7, 11) is 1.41. The number of carboxylic acid groups (broad SMARTS) is 1. The Morgan fingerprint density at radius 1 is 1.21 bits per heavy atom. The number of hydrazone groups is 1. The van der Waals surface area contributed by atoms with Gasteiger partial charge in [-0.05, 0) is 63.8 Å². The van der Waals surface area contributed by atoms with Gasteiger partial charge in [0.1, 0.15) is 6.04 Å². The van der Waals surface area contributed by atoms with Crippen LogP contribution in [-0.4, -0.2) is 48.9 Å². The summed E-state index contributed by atoms with van der Waals surface area (Å²) in [5, 5.41) is 15.9. The van der Waals surface area contributed by atoms with Crippen molar-refractivity contribution >= 4 is 51.5 Å². The number of carboxylic acids is 1. The zero-order chi connectivity index (χ0) is 24.5. The van der Waals surface area contributed by atoms with E-state index >= 15 is 0 Å². The fraction of sp³-hybridized carbons (Fsp3) is 0.273. The number of methoxy groups -OCH3 is 1. The number of nitrogens with one attached hydrogen (secondary N) is 2. The average Bonchev–Trinajstić information content (AvgIpc) is 2.76. The molecule has 0 fully saturated rings. The second-order valence-electron chi connectivity index (χ2n) is 7.15. The van der Waals surface area contributed by atoms with Crippen LogP contribution in [0.3, 0.4) is 0 Å². The first-order valence-corrected chi connectivity index (χ1v) is 10.9. The van der Waals surface area contributed by atoms with Crippen molar-refractivity contribution in [3.8, 4) is 11.5 Å². The van der Waals surface area contributed by atoms with Crippen LogP contribution in [0.4, 0.5) is 0 Å². The third kappa shape index (κ3) is 7.76. The molecule has 1 unspecified atom stereocenters. The first kappa shape index (κ1) is 26.1. The minimum Gasteiger partial charge on any atom is -0.493 e. The Labute approximate surface area is 204 Å². The number of nitrogens with zero attached hydrogens (tertiary/aromatic N) is 1. The van der Waals surface area contributed by atoms with E-state index in [9.17, 15) is 14.4 Å². The highest BCUT2D eigenvalue weighted by molar-refractivity contribution is 9.10. The minimum absolute atomic E-state index is 0.198. The third-order valence-corrected chi connectivity index (χ3v) is 5.16. The van der Waals surface area contributed by atoms with Crippen molar-refractivity contribution in [2.24, 2.45) is 11.0 Å². The van der Waals surface area contributed by atoms with Crippen LogP contribution >= 0.6 is 27.5 Å². The molecule has 0 aromatic heterocycles. The van der Waals surface area contributed by atoms with Crippen molar-refractivity contribution in [1.29, 1.82) is 0 Å².